The fourth-order valence-electron chi connectivity index (χ4n) is 10.4. The van der Waals surface area contributed by atoms with Crippen molar-refractivity contribution in [1.82, 2.24) is 10.6 Å². The third-order valence-electron chi connectivity index (χ3n) is 12.0. The molecule has 4 saturated carbocycles. The van der Waals surface area contributed by atoms with Gasteiger partial charge in [-0.1, -0.05) is 55.3 Å². The maximum absolute atomic E-state index is 4.08. The van der Waals surface area contributed by atoms with Crippen LogP contribution in [-0.4, -0.2) is 36.5 Å². The molecule has 5 atom stereocenters. The molecule has 0 spiro atoms. The predicted octanol–water partition coefficient (Wildman–Crippen LogP) is 6.84. The number of allylic oxidation sites excluding steroid dienone is 3. The molecule has 2 aliphatic heterocycles. The Kier molecular flexibility index (Phi) is 6.98. The molecule has 6 fully saturated rings. The summed E-state index contributed by atoms with van der Waals surface area (Å²) in [6, 6.07) is 12.4. The Morgan fingerprint density at radius 1 is 0.811 bits per heavy atom. The lowest BCUT2D eigenvalue weighted by Crippen LogP contribution is -2.64. The summed E-state index contributed by atoms with van der Waals surface area (Å²) in [6.07, 6.45) is 22.2. The van der Waals surface area contributed by atoms with E-state index < -0.39 is 0 Å². The minimum absolute atomic E-state index is 0.0695. The molecule has 1 aromatic rings. The van der Waals surface area contributed by atoms with Crippen LogP contribution in [0.3, 0.4) is 0 Å². The molecular weight excluding hydrogens is 486 g/mol. The fraction of sp³-hybridized carbons (Fsp3) is 0.697. The van der Waals surface area contributed by atoms with Crippen molar-refractivity contribution in [2.45, 2.75) is 87.9 Å². The average molecular weight is 535 g/mol. The molecule has 0 aromatic heterocycles. The van der Waals surface area contributed by atoms with Crippen LogP contribution in [0.4, 0.5) is 0 Å². The lowest BCUT2D eigenvalue weighted by atomic mass is 9.42. The first-order valence-corrected chi connectivity index (χ1v) is 17.0. The van der Waals surface area contributed by atoms with E-state index in [1.807, 2.05) is 0 Å². The van der Waals surface area contributed by atoms with Crippen LogP contribution in [0.5, 0.6) is 0 Å². The molecule has 4 bridgehead atoms. The number of hydrogen-bond donors (Lipinski definition) is 2. The number of benzene rings is 1. The Bertz CT molecular complexity index is 988. The first-order valence-electron chi connectivity index (χ1n) is 15.6. The van der Waals surface area contributed by atoms with Crippen molar-refractivity contribution in [2.75, 3.05) is 19.3 Å². The van der Waals surface area contributed by atoms with E-state index in [0.717, 1.165) is 23.7 Å². The van der Waals surface area contributed by atoms with Gasteiger partial charge in [-0.3, -0.25) is 0 Å². The molecule has 5 aliphatic carbocycles. The highest BCUT2D eigenvalue weighted by Gasteiger charge is 2.62. The summed E-state index contributed by atoms with van der Waals surface area (Å²) in [7, 11) is 6.87. The van der Waals surface area contributed by atoms with Crippen LogP contribution >= 0.6 is 18.5 Å². The SMILES string of the molecule is PCC1(C2C=C(c3ccccc3)C=C2C(P)(C2CCCCN2)C2CCCCN2)C2CC3CC(C2)CC1C3. The molecule has 2 saturated heterocycles. The van der Waals surface area contributed by atoms with Crippen LogP contribution in [0.2, 0.25) is 0 Å². The second-order valence-electron chi connectivity index (χ2n) is 13.6. The van der Waals surface area contributed by atoms with Crippen LogP contribution in [0.25, 0.3) is 5.57 Å². The Labute approximate surface area is 230 Å². The zero-order chi connectivity index (χ0) is 25.0. The lowest BCUT2D eigenvalue weighted by molar-refractivity contribution is -0.111. The van der Waals surface area contributed by atoms with Gasteiger partial charge in [0.1, 0.15) is 0 Å². The van der Waals surface area contributed by atoms with E-state index in [1.165, 1.54) is 101 Å². The van der Waals surface area contributed by atoms with E-state index in [1.54, 1.807) is 5.57 Å². The Hall–Kier alpha value is -0.520. The van der Waals surface area contributed by atoms with Gasteiger partial charge in [0.25, 0.3) is 0 Å². The van der Waals surface area contributed by atoms with Gasteiger partial charge < -0.3 is 10.6 Å². The van der Waals surface area contributed by atoms with Gasteiger partial charge in [0.15, 0.2) is 0 Å². The Balaban J connectivity index is 1.37. The van der Waals surface area contributed by atoms with Crippen molar-refractivity contribution < 1.29 is 0 Å². The summed E-state index contributed by atoms with van der Waals surface area (Å²) < 4.78 is 0. The third-order valence-corrected chi connectivity index (χ3v) is 13.8. The monoisotopic (exact) mass is 534 g/mol. The third kappa shape index (κ3) is 4.10. The normalized spacial score (nSPS) is 42.8. The second kappa shape index (κ2) is 10.1. The number of hydrogen-bond acceptors (Lipinski definition) is 2. The highest BCUT2D eigenvalue weighted by molar-refractivity contribution is 7.19. The first-order chi connectivity index (χ1) is 18.1. The van der Waals surface area contributed by atoms with Crippen LogP contribution in [0.1, 0.15) is 76.2 Å². The molecule has 2 nitrogen and oxygen atoms in total. The van der Waals surface area contributed by atoms with E-state index in [9.17, 15) is 0 Å². The molecule has 7 aliphatic rings. The van der Waals surface area contributed by atoms with E-state index in [4.69, 9.17) is 0 Å². The van der Waals surface area contributed by atoms with Crippen LogP contribution in [0.15, 0.2) is 48.1 Å². The van der Waals surface area contributed by atoms with E-state index in [2.05, 4.69) is 71.6 Å². The maximum Gasteiger partial charge on any atom is 0.0370 e. The average Bonchev–Trinajstić information content (AvgIpc) is 3.41. The molecule has 2 heterocycles. The molecule has 5 unspecified atom stereocenters. The van der Waals surface area contributed by atoms with Crippen molar-refractivity contribution in [2.24, 2.45) is 35.0 Å². The van der Waals surface area contributed by atoms with Crippen molar-refractivity contribution in [3.05, 3.63) is 53.6 Å². The fourth-order valence-corrected chi connectivity index (χ4v) is 12.2. The molecule has 8 rings (SSSR count). The smallest absolute Gasteiger partial charge is 0.0370 e. The minimum atomic E-state index is 0.0695. The summed E-state index contributed by atoms with van der Waals surface area (Å²) in [5.41, 5.74) is 5.06. The van der Waals surface area contributed by atoms with E-state index in [-0.39, 0.29) is 5.16 Å². The van der Waals surface area contributed by atoms with Crippen molar-refractivity contribution in [3.63, 3.8) is 0 Å². The van der Waals surface area contributed by atoms with E-state index in [0.29, 0.717) is 23.4 Å². The van der Waals surface area contributed by atoms with Crippen molar-refractivity contribution in [1.29, 1.82) is 0 Å². The zero-order valence-electron chi connectivity index (χ0n) is 22.6. The van der Waals surface area contributed by atoms with Crippen LogP contribution in [-0.2, 0) is 0 Å². The topological polar surface area (TPSA) is 24.1 Å². The summed E-state index contributed by atoms with van der Waals surface area (Å²) in [4.78, 5) is 0. The van der Waals surface area contributed by atoms with Gasteiger partial charge in [-0.25, -0.2) is 0 Å². The maximum atomic E-state index is 4.08. The quantitative estimate of drug-likeness (QED) is 0.391. The number of piperidine rings is 2. The Morgan fingerprint density at radius 2 is 1.41 bits per heavy atom. The summed E-state index contributed by atoms with van der Waals surface area (Å²) in [5.74, 6) is 4.38. The molecule has 4 heteroatoms. The second-order valence-corrected chi connectivity index (χ2v) is 15.0. The molecule has 0 amide bonds. The first kappa shape index (κ1) is 25.4. The summed E-state index contributed by atoms with van der Waals surface area (Å²) in [6.45, 7) is 2.35. The summed E-state index contributed by atoms with van der Waals surface area (Å²) >= 11 is 0. The zero-order valence-corrected chi connectivity index (χ0v) is 24.9. The van der Waals surface area contributed by atoms with Gasteiger partial charge in [0.2, 0.25) is 0 Å². The lowest BCUT2D eigenvalue weighted by Gasteiger charge is -2.65. The highest BCUT2D eigenvalue weighted by atomic mass is 31.0. The Morgan fingerprint density at radius 3 is 1.92 bits per heavy atom. The van der Waals surface area contributed by atoms with E-state index >= 15 is 0 Å². The predicted molar refractivity (Wildman–Crippen MR) is 164 cm³/mol. The summed E-state index contributed by atoms with van der Waals surface area (Å²) in [5, 5.41) is 8.22. The van der Waals surface area contributed by atoms with Gasteiger partial charge in [0, 0.05) is 23.2 Å². The molecule has 1 aromatic carbocycles. The van der Waals surface area contributed by atoms with Gasteiger partial charge in [-0.05, 0) is 123 Å². The standard InChI is InChI=1S/C33H48N2P2/c36-21-32(26-15-22-14-23(17-26)18-27(32)16-22)28-19-25(24-8-2-1-3-9-24)20-29(28)33(37,30-10-4-6-12-34-30)31-11-5-7-13-35-31/h1-3,8-9,19-20,22-23,26-28,30-31,34-35H,4-7,10-18,21,36-37H2. The van der Waals surface area contributed by atoms with Crippen molar-refractivity contribution in [3.8, 4) is 0 Å². The molecule has 0 radical (unpaired) electrons. The van der Waals surface area contributed by atoms with Gasteiger partial charge >= 0.3 is 0 Å². The van der Waals surface area contributed by atoms with Gasteiger partial charge in [-0.15, -0.1) is 18.5 Å². The highest BCUT2D eigenvalue weighted by Crippen LogP contribution is 2.68. The minimum Gasteiger partial charge on any atom is -0.313 e. The van der Waals surface area contributed by atoms with Crippen LogP contribution in [0, 0.1) is 35.0 Å². The largest absolute Gasteiger partial charge is 0.313 e. The number of rotatable bonds is 6. The molecular formula is C33H48N2P2. The molecule has 200 valence electrons. The van der Waals surface area contributed by atoms with Gasteiger partial charge in [0.05, 0.1) is 0 Å². The number of nitrogens with one attached hydrogen (secondary N) is 2. The van der Waals surface area contributed by atoms with Gasteiger partial charge in [-0.2, -0.15) is 0 Å². The van der Waals surface area contributed by atoms with Crippen LogP contribution < -0.4 is 10.6 Å². The van der Waals surface area contributed by atoms with Crippen molar-refractivity contribution >= 4 is 24.1 Å². The molecule has 2 N–H and O–H groups in total. The molecule has 37 heavy (non-hydrogen) atoms.